The molecule has 44 heavy (non-hydrogen) atoms. The molecule has 5 rings (SSSR count). The molecule has 0 spiro atoms. The van der Waals surface area contributed by atoms with Crippen LogP contribution in [0.2, 0.25) is 0 Å². The molecule has 230 valence electrons. The van der Waals surface area contributed by atoms with Crippen molar-refractivity contribution in [2.75, 3.05) is 0 Å². The average Bonchev–Trinajstić information content (AvgIpc) is 3.70. The van der Waals surface area contributed by atoms with Crippen molar-refractivity contribution < 1.29 is 28.8 Å². The van der Waals surface area contributed by atoms with Gasteiger partial charge in [0.1, 0.15) is 0 Å². The summed E-state index contributed by atoms with van der Waals surface area (Å²) in [5.41, 5.74) is 8.97. The van der Waals surface area contributed by atoms with Crippen molar-refractivity contribution in [3.05, 3.63) is 129 Å². The van der Waals surface area contributed by atoms with E-state index in [4.69, 9.17) is 28.8 Å². The molecular weight excluding hydrogens is 699 g/mol. The summed E-state index contributed by atoms with van der Waals surface area (Å²) in [7, 11) is 0. The summed E-state index contributed by atoms with van der Waals surface area (Å²) < 4.78 is 5.31. The Labute approximate surface area is 275 Å². The maximum absolute atomic E-state index is 8.12. The standard InChI is InChI=1S/C11H12N2.C10H10N2.C8H9I.3CO2.ClH/c1-9-3-4-11(7-10(9)2)13-6-5-12-8-13;1-9-3-2-4-10(7-9)12-6-5-11-8-12;1-6-3-4-8(9)5-7(6)2;3*2-1-3;/h3-8H,1-2H3;2-8H,1H3;3-5H,1-2H3;;;;1H. The maximum atomic E-state index is 8.12. The highest BCUT2D eigenvalue weighted by Gasteiger charge is 1.97. The number of rotatable bonds is 2. The van der Waals surface area contributed by atoms with Crippen molar-refractivity contribution >= 4 is 53.5 Å². The number of aromatic nitrogens is 4. The molecule has 12 heteroatoms. The second kappa shape index (κ2) is 24.8. The number of halogens is 2. The number of hydrogen-bond donors (Lipinski definition) is 0. The molecule has 0 atom stereocenters. The average molecular weight is 731 g/mol. The van der Waals surface area contributed by atoms with Crippen LogP contribution in [0.4, 0.5) is 0 Å². The fraction of sp³-hybridized carbons (Fsp3) is 0.156. The van der Waals surface area contributed by atoms with Gasteiger partial charge in [-0.3, -0.25) is 0 Å². The first-order valence-electron chi connectivity index (χ1n) is 12.4. The lowest BCUT2D eigenvalue weighted by molar-refractivity contribution is -0.193. The number of imidazole rings is 2. The molecule has 0 unspecified atom stereocenters. The molecule has 5 aromatic rings. The summed E-state index contributed by atoms with van der Waals surface area (Å²) in [4.78, 5) is 56.8. The van der Waals surface area contributed by atoms with E-state index in [2.05, 4.69) is 122 Å². The minimum atomic E-state index is 0. The predicted molar refractivity (Wildman–Crippen MR) is 172 cm³/mol. The van der Waals surface area contributed by atoms with Crippen LogP contribution in [-0.2, 0) is 28.8 Å². The Kier molecular flexibility index (Phi) is 23.3. The lowest BCUT2D eigenvalue weighted by Gasteiger charge is -2.05. The minimum Gasteiger partial charge on any atom is -0.306 e. The molecule has 0 bridgehead atoms. The highest BCUT2D eigenvalue weighted by atomic mass is 127. The number of carbonyl (C=O) groups excluding carboxylic acids is 6. The van der Waals surface area contributed by atoms with E-state index < -0.39 is 0 Å². The molecule has 2 heterocycles. The Bertz CT molecular complexity index is 1580. The second-order valence-electron chi connectivity index (χ2n) is 8.53. The van der Waals surface area contributed by atoms with Crippen molar-refractivity contribution in [3.63, 3.8) is 0 Å². The number of nitrogens with zero attached hydrogens (tertiary/aromatic N) is 4. The van der Waals surface area contributed by atoms with Crippen molar-refractivity contribution in [3.8, 4) is 11.4 Å². The fourth-order valence-electron chi connectivity index (χ4n) is 3.20. The van der Waals surface area contributed by atoms with Crippen molar-refractivity contribution in [1.82, 2.24) is 19.1 Å². The second-order valence-corrected chi connectivity index (χ2v) is 9.77. The molecule has 0 aliphatic carbocycles. The molecular formula is C32H32ClIN4O6. The summed E-state index contributed by atoms with van der Waals surface area (Å²) in [6, 6.07) is 21.2. The van der Waals surface area contributed by atoms with E-state index in [1.54, 1.807) is 18.7 Å². The van der Waals surface area contributed by atoms with Gasteiger partial charge in [0, 0.05) is 39.7 Å². The smallest absolute Gasteiger partial charge is 0.306 e. The monoisotopic (exact) mass is 730 g/mol. The van der Waals surface area contributed by atoms with Gasteiger partial charge in [-0.25, -0.2) is 9.97 Å². The Balaban J connectivity index is 0. The van der Waals surface area contributed by atoms with Gasteiger partial charge >= 0.3 is 18.5 Å². The van der Waals surface area contributed by atoms with Gasteiger partial charge in [0.25, 0.3) is 0 Å². The molecule has 2 aromatic heterocycles. The third kappa shape index (κ3) is 17.3. The van der Waals surface area contributed by atoms with Gasteiger partial charge in [-0.05, 0) is 121 Å². The van der Waals surface area contributed by atoms with Crippen molar-refractivity contribution in [1.29, 1.82) is 0 Å². The first-order chi connectivity index (χ1) is 20.6. The van der Waals surface area contributed by atoms with Gasteiger partial charge < -0.3 is 9.13 Å². The van der Waals surface area contributed by atoms with Gasteiger partial charge in [0.05, 0.1) is 12.7 Å². The molecule has 0 saturated carbocycles. The minimum absolute atomic E-state index is 0. The van der Waals surface area contributed by atoms with Crippen LogP contribution < -0.4 is 0 Å². The highest BCUT2D eigenvalue weighted by molar-refractivity contribution is 14.1. The largest absolute Gasteiger partial charge is 0.373 e. The van der Waals surface area contributed by atoms with Gasteiger partial charge in [-0.15, -0.1) is 12.4 Å². The Morgan fingerprint density at radius 2 is 1.00 bits per heavy atom. The van der Waals surface area contributed by atoms with Crippen LogP contribution >= 0.6 is 35.0 Å². The number of benzene rings is 3. The molecule has 0 fully saturated rings. The first kappa shape index (κ1) is 41.4. The molecule has 0 aliphatic rings. The predicted octanol–water partition coefficient (Wildman–Crippen LogP) is 6.25. The van der Waals surface area contributed by atoms with E-state index in [0.717, 1.165) is 5.69 Å². The summed E-state index contributed by atoms with van der Waals surface area (Å²) in [5, 5.41) is 0. The number of hydrogen-bond acceptors (Lipinski definition) is 8. The molecule has 3 aromatic carbocycles. The van der Waals surface area contributed by atoms with Crippen LogP contribution in [0, 0.1) is 38.2 Å². The third-order valence-corrected chi connectivity index (χ3v) is 6.24. The van der Waals surface area contributed by atoms with Crippen LogP contribution in [0.5, 0.6) is 0 Å². The SMILES string of the molecule is Cc1ccc(-n2ccnc2)cc1C.Cc1ccc(I)cc1C.Cc1cccc(-n2ccnc2)c1.Cl.O=C=O.O=C=O.O=C=O. The Morgan fingerprint density at radius 3 is 1.36 bits per heavy atom. The summed E-state index contributed by atoms with van der Waals surface area (Å²) in [6.45, 7) is 10.6. The molecule has 0 radical (unpaired) electrons. The lowest BCUT2D eigenvalue weighted by Crippen LogP contribution is -1.91. The number of aryl methyl sites for hydroxylation is 5. The third-order valence-electron chi connectivity index (χ3n) is 5.57. The Hall–Kier alpha value is -4.76. The van der Waals surface area contributed by atoms with Gasteiger partial charge in [-0.1, -0.05) is 24.3 Å². The zero-order valence-corrected chi connectivity index (χ0v) is 27.7. The van der Waals surface area contributed by atoms with E-state index in [-0.39, 0.29) is 30.9 Å². The summed E-state index contributed by atoms with van der Waals surface area (Å²) in [5.74, 6) is 0. The van der Waals surface area contributed by atoms with E-state index in [9.17, 15) is 0 Å². The maximum Gasteiger partial charge on any atom is 0.373 e. The van der Waals surface area contributed by atoms with Crippen LogP contribution in [0.3, 0.4) is 0 Å². The van der Waals surface area contributed by atoms with E-state index in [1.807, 2.05) is 33.9 Å². The van der Waals surface area contributed by atoms with Crippen LogP contribution in [0.25, 0.3) is 11.4 Å². The Morgan fingerprint density at radius 1 is 0.568 bits per heavy atom. The van der Waals surface area contributed by atoms with Crippen LogP contribution in [-0.4, -0.2) is 37.6 Å². The fourth-order valence-corrected chi connectivity index (χ4v) is 3.85. The van der Waals surface area contributed by atoms with Gasteiger partial charge in [0.2, 0.25) is 0 Å². The topological polar surface area (TPSA) is 138 Å². The first-order valence-corrected chi connectivity index (χ1v) is 13.5. The molecule has 0 N–H and O–H groups in total. The highest BCUT2D eigenvalue weighted by Crippen LogP contribution is 2.13. The van der Waals surface area contributed by atoms with E-state index >= 15 is 0 Å². The quantitative estimate of drug-likeness (QED) is 0.195. The van der Waals surface area contributed by atoms with Crippen molar-refractivity contribution in [2.24, 2.45) is 0 Å². The van der Waals surface area contributed by atoms with Crippen LogP contribution in [0.1, 0.15) is 27.8 Å². The zero-order chi connectivity index (χ0) is 32.6. The van der Waals surface area contributed by atoms with Gasteiger partial charge in [-0.2, -0.15) is 28.8 Å². The van der Waals surface area contributed by atoms with E-state index in [1.165, 1.54) is 37.1 Å². The van der Waals surface area contributed by atoms with Crippen molar-refractivity contribution in [2.45, 2.75) is 34.6 Å². The molecule has 0 saturated heterocycles. The lowest BCUT2D eigenvalue weighted by atomic mass is 10.1. The van der Waals surface area contributed by atoms with Crippen LogP contribution in [0.15, 0.2) is 98.1 Å². The van der Waals surface area contributed by atoms with Gasteiger partial charge in [0.15, 0.2) is 0 Å². The molecule has 10 nitrogen and oxygen atoms in total. The molecule has 0 amide bonds. The zero-order valence-electron chi connectivity index (χ0n) is 24.8. The van der Waals surface area contributed by atoms with E-state index in [0.29, 0.717) is 0 Å². The normalized spacial score (nSPS) is 8.32. The summed E-state index contributed by atoms with van der Waals surface area (Å²) in [6.07, 6.45) is 11.8. The summed E-state index contributed by atoms with van der Waals surface area (Å²) >= 11 is 2.32. The molecule has 0 aliphatic heterocycles.